The molecule has 25 heavy (non-hydrogen) atoms. The number of nitrogens with two attached hydrogens (primary N) is 1. The Balaban J connectivity index is 2.04. The zero-order valence-corrected chi connectivity index (χ0v) is 14.1. The van der Waals surface area contributed by atoms with Gasteiger partial charge in [-0.3, -0.25) is 24.4 Å². The first-order valence-electron chi connectivity index (χ1n) is 7.59. The van der Waals surface area contributed by atoms with Crippen molar-refractivity contribution in [3.63, 3.8) is 0 Å². The number of carbonyl (C=O) groups excluding carboxylic acids is 3. The molecule has 1 unspecified atom stereocenters. The molecule has 2 aliphatic heterocycles. The smallest absolute Gasteiger partial charge is 0.331 e. The van der Waals surface area contributed by atoms with Crippen molar-refractivity contribution in [3.8, 4) is 0 Å². The molecule has 3 rings (SSSR count). The van der Waals surface area contributed by atoms with Gasteiger partial charge in [0.25, 0.3) is 0 Å². The summed E-state index contributed by atoms with van der Waals surface area (Å²) in [4.78, 5) is 47.1. The first-order chi connectivity index (χ1) is 11.8. The van der Waals surface area contributed by atoms with Crippen LogP contribution in [0.1, 0.15) is 17.3 Å². The average Bonchev–Trinajstić information content (AvgIpc) is 2.60. The summed E-state index contributed by atoms with van der Waals surface area (Å²) < 4.78 is 0. The van der Waals surface area contributed by atoms with E-state index in [1.807, 2.05) is 0 Å². The van der Waals surface area contributed by atoms with Crippen LogP contribution < -0.4 is 5.73 Å². The number of rotatable bonds is 2. The molecule has 1 fully saturated rings. The van der Waals surface area contributed by atoms with Crippen LogP contribution in [-0.2, 0) is 4.79 Å². The fourth-order valence-corrected chi connectivity index (χ4v) is 2.76. The van der Waals surface area contributed by atoms with Crippen molar-refractivity contribution in [2.45, 2.75) is 6.92 Å². The normalized spacial score (nSPS) is 21.9. The Morgan fingerprint density at radius 2 is 1.80 bits per heavy atom. The highest BCUT2D eigenvalue weighted by molar-refractivity contribution is 6.33. The summed E-state index contributed by atoms with van der Waals surface area (Å²) in [5.74, 6) is -1.28. The third-order valence-corrected chi connectivity index (χ3v) is 4.22. The Bertz CT molecular complexity index is 867. The van der Waals surface area contributed by atoms with Crippen molar-refractivity contribution in [2.75, 3.05) is 14.1 Å². The van der Waals surface area contributed by atoms with E-state index in [2.05, 4.69) is 9.98 Å². The summed E-state index contributed by atoms with van der Waals surface area (Å²) in [6, 6.07) is 6.01. The monoisotopic (exact) mass is 339 g/mol. The summed E-state index contributed by atoms with van der Waals surface area (Å²) >= 11 is 0. The molecule has 0 radical (unpaired) electrons. The van der Waals surface area contributed by atoms with Crippen molar-refractivity contribution < 1.29 is 14.4 Å². The summed E-state index contributed by atoms with van der Waals surface area (Å²) in [5.41, 5.74) is 7.44. The molecule has 8 nitrogen and oxygen atoms in total. The second-order valence-corrected chi connectivity index (χ2v) is 5.88. The molecule has 128 valence electrons. The van der Waals surface area contributed by atoms with Crippen molar-refractivity contribution >= 4 is 35.1 Å². The molecule has 1 atom stereocenters. The lowest BCUT2D eigenvalue weighted by Crippen LogP contribution is -2.59. The Labute approximate surface area is 144 Å². The van der Waals surface area contributed by atoms with Crippen LogP contribution in [0.2, 0.25) is 0 Å². The van der Waals surface area contributed by atoms with Gasteiger partial charge in [-0.1, -0.05) is 0 Å². The highest BCUT2D eigenvalue weighted by Gasteiger charge is 2.45. The zero-order chi connectivity index (χ0) is 18.3. The highest BCUT2D eigenvalue weighted by Crippen LogP contribution is 2.27. The van der Waals surface area contributed by atoms with Crippen LogP contribution in [0.25, 0.3) is 0 Å². The molecule has 1 aromatic carbocycles. The molecule has 2 aliphatic rings. The lowest BCUT2D eigenvalue weighted by atomic mass is 9.91. The molecule has 2 N–H and O–H groups in total. The first-order valence-corrected chi connectivity index (χ1v) is 7.59. The molecule has 0 aliphatic carbocycles. The SMILES string of the molecule is CC1=CN=C2C(C(=O)N(C)C(=O)N2C)C1=Nc1ccc(C(N)=O)cc1. The van der Waals surface area contributed by atoms with Gasteiger partial charge in [-0.2, -0.15) is 0 Å². The van der Waals surface area contributed by atoms with Crippen LogP contribution in [0.3, 0.4) is 0 Å². The number of primary amides is 1. The predicted molar refractivity (Wildman–Crippen MR) is 92.7 cm³/mol. The number of aliphatic imine (C=N–C) groups is 2. The van der Waals surface area contributed by atoms with Gasteiger partial charge in [-0.05, 0) is 36.8 Å². The molecular formula is C17H17N5O3. The van der Waals surface area contributed by atoms with E-state index in [9.17, 15) is 14.4 Å². The lowest BCUT2D eigenvalue weighted by Gasteiger charge is -2.37. The Kier molecular flexibility index (Phi) is 3.96. The van der Waals surface area contributed by atoms with Gasteiger partial charge in [0.05, 0.1) is 11.4 Å². The van der Waals surface area contributed by atoms with Gasteiger partial charge in [0.15, 0.2) is 0 Å². The zero-order valence-electron chi connectivity index (χ0n) is 14.1. The lowest BCUT2D eigenvalue weighted by molar-refractivity contribution is -0.128. The van der Waals surface area contributed by atoms with E-state index in [0.29, 0.717) is 22.8 Å². The van der Waals surface area contributed by atoms with E-state index < -0.39 is 17.9 Å². The van der Waals surface area contributed by atoms with Gasteiger partial charge in [0.1, 0.15) is 11.8 Å². The standard InChI is InChI=1S/C17H17N5O3/c1-9-8-19-15-12(16(24)22(3)17(25)21(15)2)13(9)20-11-6-4-10(5-7-11)14(18)23/h4-8,12H,1-3H3,(H2,18,23). The van der Waals surface area contributed by atoms with Gasteiger partial charge < -0.3 is 5.73 Å². The van der Waals surface area contributed by atoms with Gasteiger partial charge in [0, 0.05) is 25.9 Å². The number of amidine groups is 1. The fourth-order valence-electron chi connectivity index (χ4n) is 2.76. The number of amides is 4. The maximum Gasteiger partial charge on any atom is 0.331 e. The van der Waals surface area contributed by atoms with Crippen molar-refractivity contribution in [1.82, 2.24) is 9.80 Å². The summed E-state index contributed by atoms with van der Waals surface area (Å²) in [7, 11) is 3.01. The third-order valence-electron chi connectivity index (χ3n) is 4.22. The van der Waals surface area contributed by atoms with Crippen molar-refractivity contribution in [3.05, 3.63) is 41.6 Å². The second-order valence-electron chi connectivity index (χ2n) is 5.88. The Morgan fingerprint density at radius 1 is 1.16 bits per heavy atom. The number of carbonyl (C=O) groups is 3. The van der Waals surface area contributed by atoms with Crippen LogP contribution in [0.4, 0.5) is 10.5 Å². The van der Waals surface area contributed by atoms with Crippen molar-refractivity contribution in [2.24, 2.45) is 21.6 Å². The molecule has 0 bridgehead atoms. The van der Waals surface area contributed by atoms with Gasteiger partial charge >= 0.3 is 6.03 Å². The van der Waals surface area contributed by atoms with E-state index in [0.717, 1.165) is 10.5 Å². The van der Waals surface area contributed by atoms with Gasteiger partial charge in [-0.25, -0.2) is 9.79 Å². The minimum Gasteiger partial charge on any atom is -0.366 e. The summed E-state index contributed by atoms with van der Waals surface area (Å²) in [6.07, 6.45) is 1.59. The molecule has 0 spiro atoms. The first kappa shape index (κ1) is 16.6. The largest absolute Gasteiger partial charge is 0.366 e. The molecule has 8 heteroatoms. The van der Waals surface area contributed by atoms with Crippen LogP contribution >= 0.6 is 0 Å². The number of urea groups is 1. The maximum atomic E-state index is 12.6. The molecule has 1 aromatic rings. The topological polar surface area (TPSA) is 108 Å². The van der Waals surface area contributed by atoms with Crippen LogP contribution in [-0.4, -0.2) is 53.3 Å². The highest BCUT2D eigenvalue weighted by atomic mass is 16.2. The van der Waals surface area contributed by atoms with E-state index in [1.54, 1.807) is 44.4 Å². The second kappa shape index (κ2) is 5.97. The maximum absolute atomic E-state index is 12.6. The van der Waals surface area contributed by atoms with Crippen LogP contribution in [0, 0.1) is 5.92 Å². The number of hydrogen-bond donors (Lipinski definition) is 1. The molecule has 1 saturated heterocycles. The number of imide groups is 1. The molecule has 2 heterocycles. The molecule has 0 aromatic heterocycles. The predicted octanol–water partition coefficient (Wildman–Crippen LogP) is 1.31. The number of nitrogens with zero attached hydrogens (tertiary/aromatic N) is 4. The summed E-state index contributed by atoms with van der Waals surface area (Å²) in [5, 5.41) is 0. The Hall–Kier alpha value is -3.29. The molecule has 4 amide bonds. The molecular weight excluding hydrogens is 322 g/mol. The van der Waals surface area contributed by atoms with E-state index in [1.165, 1.54) is 11.9 Å². The fraction of sp³-hybridized carbons (Fsp3) is 0.235. The number of hydrogen-bond acceptors (Lipinski definition) is 5. The quantitative estimate of drug-likeness (QED) is 0.877. The van der Waals surface area contributed by atoms with E-state index in [-0.39, 0.29) is 5.91 Å². The average molecular weight is 339 g/mol. The number of allylic oxidation sites excluding steroid dienone is 1. The van der Waals surface area contributed by atoms with E-state index in [4.69, 9.17) is 5.73 Å². The minimum absolute atomic E-state index is 0.353. The number of benzene rings is 1. The van der Waals surface area contributed by atoms with Gasteiger partial charge in [-0.15, -0.1) is 0 Å². The van der Waals surface area contributed by atoms with Crippen LogP contribution in [0.15, 0.2) is 46.0 Å². The van der Waals surface area contributed by atoms with Gasteiger partial charge in [0.2, 0.25) is 11.8 Å². The number of fused-ring (bicyclic) bond motifs is 1. The van der Waals surface area contributed by atoms with Crippen molar-refractivity contribution in [1.29, 1.82) is 0 Å². The van der Waals surface area contributed by atoms with E-state index >= 15 is 0 Å². The van der Waals surface area contributed by atoms with Crippen LogP contribution in [0.5, 0.6) is 0 Å². The summed E-state index contributed by atoms with van der Waals surface area (Å²) in [6.45, 7) is 1.81. The minimum atomic E-state index is -0.742. The molecule has 0 saturated carbocycles. The third kappa shape index (κ3) is 2.71. The Morgan fingerprint density at radius 3 is 2.40 bits per heavy atom.